The smallest absolute Gasteiger partial charge is 0.278 e. The highest BCUT2D eigenvalue weighted by Gasteiger charge is 2.31. The van der Waals surface area contributed by atoms with Gasteiger partial charge in [-0.3, -0.25) is 9.69 Å². The fourth-order valence-corrected chi connectivity index (χ4v) is 2.61. The molecule has 0 spiro atoms. The van der Waals surface area contributed by atoms with Crippen LogP contribution in [0.5, 0.6) is 5.75 Å². The highest BCUT2D eigenvalue weighted by molar-refractivity contribution is 6.32. The third-order valence-corrected chi connectivity index (χ3v) is 3.83. The van der Waals surface area contributed by atoms with Crippen molar-refractivity contribution in [1.82, 2.24) is 9.55 Å². The minimum atomic E-state index is -0.138. The number of carbonyl (C=O) groups is 1. The SMILES string of the molecule is CCC1CN(C(=O)c2cn(C)cn2)c2cccc(Cl)c2O1. The zero-order valence-corrected chi connectivity index (χ0v) is 12.7. The van der Waals surface area contributed by atoms with Crippen LogP contribution >= 0.6 is 11.6 Å². The van der Waals surface area contributed by atoms with Crippen LogP contribution in [0.3, 0.4) is 0 Å². The largest absolute Gasteiger partial charge is 0.485 e. The first-order valence-electron chi connectivity index (χ1n) is 6.85. The van der Waals surface area contributed by atoms with Gasteiger partial charge in [-0.15, -0.1) is 0 Å². The number of carbonyl (C=O) groups excluding carboxylic acids is 1. The molecule has 21 heavy (non-hydrogen) atoms. The number of ether oxygens (including phenoxy) is 1. The van der Waals surface area contributed by atoms with Crippen molar-refractivity contribution in [3.8, 4) is 5.75 Å². The van der Waals surface area contributed by atoms with Crippen LogP contribution in [0.25, 0.3) is 0 Å². The number of halogens is 1. The lowest BCUT2D eigenvalue weighted by Crippen LogP contribution is -2.43. The number of para-hydroxylation sites is 1. The Morgan fingerprint density at radius 1 is 1.52 bits per heavy atom. The summed E-state index contributed by atoms with van der Waals surface area (Å²) in [6.07, 6.45) is 4.06. The van der Waals surface area contributed by atoms with E-state index in [0.717, 1.165) is 6.42 Å². The predicted molar refractivity (Wildman–Crippen MR) is 81.0 cm³/mol. The summed E-state index contributed by atoms with van der Waals surface area (Å²) < 4.78 is 7.64. The molecule has 1 amide bonds. The van der Waals surface area contributed by atoms with Crippen LogP contribution < -0.4 is 9.64 Å². The minimum Gasteiger partial charge on any atom is -0.485 e. The number of anilines is 1. The van der Waals surface area contributed by atoms with E-state index >= 15 is 0 Å². The van der Waals surface area contributed by atoms with Crippen molar-refractivity contribution in [2.24, 2.45) is 7.05 Å². The summed E-state index contributed by atoms with van der Waals surface area (Å²) in [6.45, 7) is 2.52. The molecular formula is C15H16ClN3O2. The van der Waals surface area contributed by atoms with Crippen LogP contribution in [0.4, 0.5) is 5.69 Å². The minimum absolute atomic E-state index is 0.0648. The molecule has 0 fully saturated rings. The van der Waals surface area contributed by atoms with Crippen molar-refractivity contribution in [1.29, 1.82) is 0 Å². The Labute approximate surface area is 128 Å². The topological polar surface area (TPSA) is 47.4 Å². The molecule has 6 heteroatoms. The molecule has 0 bridgehead atoms. The summed E-state index contributed by atoms with van der Waals surface area (Å²) in [7, 11) is 1.84. The Balaban J connectivity index is 2.02. The first-order chi connectivity index (χ1) is 10.1. The standard InChI is InChI=1S/C15H16ClN3O2/c1-3-10-7-19(15(20)12-8-18(2)9-17-12)13-6-4-5-11(16)14(13)21-10/h4-6,8-10H,3,7H2,1-2H3. The molecule has 1 unspecified atom stereocenters. The molecule has 0 saturated heterocycles. The van der Waals surface area contributed by atoms with Crippen molar-refractivity contribution in [3.63, 3.8) is 0 Å². The van der Waals surface area contributed by atoms with Crippen molar-refractivity contribution in [2.45, 2.75) is 19.4 Å². The van der Waals surface area contributed by atoms with Crippen LogP contribution in [0.1, 0.15) is 23.8 Å². The molecule has 5 nitrogen and oxygen atoms in total. The van der Waals surface area contributed by atoms with Crippen LogP contribution in [0.15, 0.2) is 30.7 Å². The van der Waals surface area contributed by atoms with Gasteiger partial charge in [-0.05, 0) is 18.6 Å². The zero-order chi connectivity index (χ0) is 15.0. The number of imidazole rings is 1. The lowest BCUT2D eigenvalue weighted by atomic mass is 10.1. The number of hydrogen-bond acceptors (Lipinski definition) is 3. The number of amides is 1. The number of aromatic nitrogens is 2. The van der Waals surface area contributed by atoms with Gasteiger partial charge in [-0.2, -0.15) is 0 Å². The Morgan fingerprint density at radius 3 is 3.00 bits per heavy atom. The second-order valence-electron chi connectivity index (χ2n) is 5.08. The van der Waals surface area contributed by atoms with Crippen molar-refractivity contribution >= 4 is 23.2 Å². The van der Waals surface area contributed by atoms with E-state index in [1.54, 1.807) is 28.1 Å². The van der Waals surface area contributed by atoms with Gasteiger partial charge < -0.3 is 9.30 Å². The first-order valence-corrected chi connectivity index (χ1v) is 7.23. The summed E-state index contributed by atoms with van der Waals surface area (Å²) in [6, 6.07) is 5.42. The van der Waals surface area contributed by atoms with E-state index < -0.39 is 0 Å². The van der Waals surface area contributed by atoms with Gasteiger partial charge in [0.1, 0.15) is 11.8 Å². The van der Waals surface area contributed by atoms with Gasteiger partial charge in [-0.1, -0.05) is 24.6 Å². The average molecular weight is 306 g/mol. The van der Waals surface area contributed by atoms with Crippen LogP contribution in [0, 0.1) is 0 Å². The Morgan fingerprint density at radius 2 is 2.33 bits per heavy atom. The van der Waals surface area contributed by atoms with Crippen molar-refractivity contribution < 1.29 is 9.53 Å². The fraction of sp³-hybridized carbons (Fsp3) is 0.333. The second-order valence-corrected chi connectivity index (χ2v) is 5.48. The van der Waals surface area contributed by atoms with Gasteiger partial charge in [0.05, 0.1) is 23.6 Å². The van der Waals surface area contributed by atoms with Gasteiger partial charge >= 0.3 is 0 Å². The zero-order valence-electron chi connectivity index (χ0n) is 11.9. The van der Waals surface area contributed by atoms with Gasteiger partial charge in [0.25, 0.3) is 5.91 Å². The van der Waals surface area contributed by atoms with E-state index in [9.17, 15) is 4.79 Å². The lowest BCUT2D eigenvalue weighted by molar-refractivity contribution is 0.0950. The molecule has 1 aromatic heterocycles. The molecule has 3 rings (SSSR count). The number of aryl methyl sites for hydroxylation is 1. The molecule has 1 aromatic carbocycles. The molecule has 0 radical (unpaired) electrons. The summed E-state index contributed by atoms with van der Waals surface area (Å²) in [5, 5.41) is 0.518. The molecular weight excluding hydrogens is 290 g/mol. The van der Waals surface area contributed by atoms with E-state index in [2.05, 4.69) is 4.98 Å². The number of hydrogen-bond donors (Lipinski definition) is 0. The summed E-state index contributed by atoms with van der Waals surface area (Å²) in [5.74, 6) is 0.433. The maximum atomic E-state index is 12.7. The highest BCUT2D eigenvalue weighted by Crippen LogP contribution is 2.40. The molecule has 2 heterocycles. The van der Waals surface area contributed by atoms with Crippen molar-refractivity contribution in [2.75, 3.05) is 11.4 Å². The van der Waals surface area contributed by atoms with Crippen molar-refractivity contribution in [3.05, 3.63) is 41.4 Å². The maximum absolute atomic E-state index is 12.7. The third kappa shape index (κ3) is 2.49. The van der Waals surface area contributed by atoms with E-state index in [0.29, 0.717) is 28.7 Å². The predicted octanol–water partition coefficient (Wildman–Crippen LogP) is 2.89. The third-order valence-electron chi connectivity index (χ3n) is 3.53. The van der Waals surface area contributed by atoms with Crippen LogP contribution in [-0.2, 0) is 7.05 Å². The Hall–Kier alpha value is -2.01. The molecule has 2 aromatic rings. The monoisotopic (exact) mass is 305 g/mol. The van der Waals surface area contributed by atoms with Crippen LogP contribution in [-0.4, -0.2) is 28.1 Å². The average Bonchev–Trinajstić information content (AvgIpc) is 2.92. The summed E-state index contributed by atoms with van der Waals surface area (Å²) in [4.78, 5) is 18.5. The number of rotatable bonds is 2. The molecule has 1 aliphatic rings. The molecule has 0 aliphatic carbocycles. The Kier molecular flexibility index (Phi) is 3.59. The molecule has 1 atom stereocenters. The number of nitrogens with zero attached hydrogens (tertiary/aromatic N) is 3. The van der Waals surface area contributed by atoms with Gasteiger partial charge in [0.15, 0.2) is 5.75 Å². The molecule has 110 valence electrons. The van der Waals surface area contributed by atoms with Crippen LogP contribution in [0.2, 0.25) is 5.02 Å². The second kappa shape index (κ2) is 5.41. The summed E-state index contributed by atoms with van der Waals surface area (Å²) >= 11 is 6.20. The maximum Gasteiger partial charge on any atom is 0.278 e. The molecule has 1 aliphatic heterocycles. The van der Waals surface area contributed by atoms with E-state index in [4.69, 9.17) is 16.3 Å². The van der Waals surface area contributed by atoms with Gasteiger partial charge in [-0.25, -0.2) is 4.98 Å². The fourth-order valence-electron chi connectivity index (χ4n) is 2.40. The quantitative estimate of drug-likeness (QED) is 0.857. The molecule has 0 N–H and O–H groups in total. The molecule has 0 saturated carbocycles. The number of benzene rings is 1. The van der Waals surface area contributed by atoms with E-state index in [-0.39, 0.29) is 12.0 Å². The van der Waals surface area contributed by atoms with Gasteiger partial charge in [0.2, 0.25) is 0 Å². The lowest BCUT2D eigenvalue weighted by Gasteiger charge is -2.34. The number of fused-ring (bicyclic) bond motifs is 1. The Bertz CT molecular complexity index is 683. The first kappa shape index (κ1) is 13.9. The van der Waals surface area contributed by atoms with E-state index in [1.807, 2.05) is 26.1 Å². The van der Waals surface area contributed by atoms with E-state index in [1.165, 1.54) is 0 Å². The summed E-state index contributed by atoms with van der Waals surface area (Å²) in [5.41, 5.74) is 1.11. The normalized spacial score (nSPS) is 17.3. The van der Waals surface area contributed by atoms with Gasteiger partial charge in [0, 0.05) is 13.2 Å². The highest BCUT2D eigenvalue weighted by atomic mass is 35.5.